The van der Waals surface area contributed by atoms with Gasteiger partial charge in [-0.2, -0.15) is 0 Å². The number of ether oxygens (including phenoxy) is 2. The van der Waals surface area contributed by atoms with E-state index in [4.69, 9.17) is 9.47 Å². The van der Waals surface area contributed by atoms with E-state index < -0.39 is 0 Å². The molecule has 2 amide bonds. The van der Waals surface area contributed by atoms with E-state index >= 15 is 0 Å². The number of nitrogens with zero attached hydrogens (tertiary/aromatic N) is 1. The standard InChI is InChI=1S/C17H13N3O4S2/c21-15(20-17-19-11(8-26-17)14-2-1-5-25-14)7-18-16(22)10-3-4-12-13(6-10)24-9-23-12/h1-6,8H,7,9H2,(H,18,22)(H,19,20,21). The molecule has 3 heterocycles. The molecule has 9 heteroatoms. The quantitative estimate of drug-likeness (QED) is 0.703. The number of carbonyl (C=O) groups excluding carboxylic acids is 2. The molecule has 0 unspecified atom stereocenters. The zero-order chi connectivity index (χ0) is 17.9. The molecule has 0 saturated carbocycles. The van der Waals surface area contributed by atoms with Gasteiger partial charge < -0.3 is 20.1 Å². The number of thiazole rings is 1. The molecule has 0 atom stereocenters. The third kappa shape index (κ3) is 3.53. The summed E-state index contributed by atoms with van der Waals surface area (Å²) in [5.74, 6) is 0.415. The molecule has 1 aromatic carbocycles. The predicted molar refractivity (Wildman–Crippen MR) is 99.0 cm³/mol. The number of thiophene rings is 1. The first-order valence-electron chi connectivity index (χ1n) is 7.66. The van der Waals surface area contributed by atoms with Crippen LogP contribution in [0.4, 0.5) is 5.13 Å². The Bertz CT molecular complexity index is 953. The first kappa shape index (κ1) is 16.6. The van der Waals surface area contributed by atoms with Gasteiger partial charge in [-0.15, -0.1) is 22.7 Å². The molecule has 0 radical (unpaired) electrons. The minimum atomic E-state index is -0.364. The van der Waals surface area contributed by atoms with Gasteiger partial charge >= 0.3 is 0 Å². The second-order valence-corrected chi connectivity index (χ2v) is 7.12. The average Bonchev–Trinajstić information content (AvgIpc) is 3.38. The number of nitrogens with one attached hydrogen (secondary N) is 2. The van der Waals surface area contributed by atoms with Crippen molar-refractivity contribution in [2.75, 3.05) is 18.7 Å². The van der Waals surface area contributed by atoms with Gasteiger partial charge in [-0.1, -0.05) is 6.07 Å². The van der Waals surface area contributed by atoms with Crippen molar-refractivity contribution >= 4 is 39.6 Å². The summed E-state index contributed by atoms with van der Waals surface area (Å²) in [5.41, 5.74) is 1.22. The zero-order valence-corrected chi connectivity index (χ0v) is 15.0. The van der Waals surface area contributed by atoms with E-state index in [1.165, 1.54) is 11.3 Å². The monoisotopic (exact) mass is 387 g/mol. The maximum atomic E-state index is 12.2. The van der Waals surface area contributed by atoms with Gasteiger partial charge in [-0.3, -0.25) is 9.59 Å². The van der Waals surface area contributed by atoms with Crippen LogP contribution < -0.4 is 20.1 Å². The van der Waals surface area contributed by atoms with E-state index in [1.54, 1.807) is 29.5 Å². The summed E-state index contributed by atoms with van der Waals surface area (Å²) in [6.45, 7) is -0.00865. The fourth-order valence-corrected chi connectivity index (χ4v) is 3.82. The first-order chi connectivity index (χ1) is 12.7. The lowest BCUT2D eigenvalue weighted by Crippen LogP contribution is -2.32. The number of amides is 2. The van der Waals surface area contributed by atoms with Crippen LogP contribution in [0.2, 0.25) is 0 Å². The average molecular weight is 387 g/mol. The summed E-state index contributed by atoms with van der Waals surface area (Å²) < 4.78 is 10.4. The van der Waals surface area contributed by atoms with Gasteiger partial charge in [0.25, 0.3) is 5.91 Å². The Labute approximate surface area is 156 Å². The van der Waals surface area contributed by atoms with Crippen molar-refractivity contribution in [1.29, 1.82) is 0 Å². The van der Waals surface area contributed by atoms with Crippen LogP contribution in [0.3, 0.4) is 0 Å². The molecule has 0 bridgehead atoms. The van der Waals surface area contributed by atoms with Gasteiger partial charge in [0.05, 0.1) is 17.1 Å². The number of carbonyl (C=O) groups is 2. The number of aromatic nitrogens is 1. The summed E-state index contributed by atoms with van der Waals surface area (Å²) in [5, 5.41) is 9.61. The Balaban J connectivity index is 1.32. The topological polar surface area (TPSA) is 89.6 Å². The summed E-state index contributed by atoms with van der Waals surface area (Å²) in [4.78, 5) is 29.6. The van der Waals surface area contributed by atoms with E-state index in [0.717, 1.165) is 10.6 Å². The lowest BCUT2D eigenvalue weighted by molar-refractivity contribution is -0.115. The number of rotatable bonds is 5. The molecular formula is C17H13N3O4S2. The maximum Gasteiger partial charge on any atom is 0.251 e. The van der Waals surface area contributed by atoms with Gasteiger partial charge in [0.15, 0.2) is 16.6 Å². The van der Waals surface area contributed by atoms with Crippen LogP contribution in [0.25, 0.3) is 10.6 Å². The Kier molecular flexibility index (Phi) is 4.55. The van der Waals surface area contributed by atoms with Crippen molar-refractivity contribution in [2.24, 2.45) is 0 Å². The van der Waals surface area contributed by atoms with Crippen molar-refractivity contribution in [3.63, 3.8) is 0 Å². The molecule has 26 heavy (non-hydrogen) atoms. The first-order valence-corrected chi connectivity index (χ1v) is 9.42. The van der Waals surface area contributed by atoms with E-state index in [0.29, 0.717) is 22.2 Å². The fourth-order valence-electron chi connectivity index (χ4n) is 2.33. The van der Waals surface area contributed by atoms with Crippen molar-refractivity contribution in [2.45, 2.75) is 0 Å². The van der Waals surface area contributed by atoms with E-state index in [2.05, 4.69) is 15.6 Å². The molecule has 0 saturated heterocycles. The van der Waals surface area contributed by atoms with E-state index in [1.807, 2.05) is 22.9 Å². The highest BCUT2D eigenvalue weighted by Crippen LogP contribution is 2.32. The highest BCUT2D eigenvalue weighted by atomic mass is 32.1. The van der Waals surface area contributed by atoms with Crippen molar-refractivity contribution in [3.8, 4) is 22.1 Å². The summed E-state index contributed by atoms with van der Waals surface area (Å²) in [7, 11) is 0. The third-order valence-electron chi connectivity index (χ3n) is 3.57. The highest BCUT2D eigenvalue weighted by Gasteiger charge is 2.17. The largest absolute Gasteiger partial charge is 0.454 e. The van der Waals surface area contributed by atoms with Crippen LogP contribution >= 0.6 is 22.7 Å². The molecule has 4 rings (SSSR count). The van der Waals surface area contributed by atoms with Crippen LogP contribution in [0, 0.1) is 0 Å². The van der Waals surface area contributed by atoms with Crippen LogP contribution in [0.15, 0.2) is 41.1 Å². The fraction of sp³-hybridized carbons (Fsp3) is 0.118. The van der Waals surface area contributed by atoms with Gasteiger partial charge in [-0.05, 0) is 29.6 Å². The van der Waals surface area contributed by atoms with Gasteiger partial charge in [-0.25, -0.2) is 4.98 Å². The molecule has 0 aliphatic carbocycles. The minimum Gasteiger partial charge on any atom is -0.454 e. The van der Waals surface area contributed by atoms with Crippen LogP contribution in [0.1, 0.15) is 10.4 Å². The molecule has 0 spiro atoms. The number of hydrogen-bond acceptors (Lipinski definition) is 7. The smallest absolute Gasteiger partial charge is 0.251 e. The molecule has 1 aliphatic rings. The summed E-state index contributed by atoms with van der Waals surface area (Å²) >= 11 is 2.92. The Morgan fingerprint density at radius 1 is 1.15 bits per heavy atom. The molecule has 2 N–H and O–H groups in total. The zero-order valence-electron chi connectivity index (χ0n) is 13.4. The molecular weight excluding hydrogens is 374 g/mol. The Hall–Kier alpha value is -2.91. The normalized spacial score (nSPS) is 12.0. The Morgan fingerprint density at radius 3 is 2.88 bits per heavy atom. The van der Waals surface area contributed by atoms with Gasteiger partial charge in [0.2, 0.25) is 12.7 Å². The molecule has 0 fully saturated rings. The summed E-state index contributed by atoms with van der Waals surface area (Å²) in [6.07, 6.45) is 0. The predicted octanol–water partition coefficient (Wildman–Crippen LogP) is 2.97. The maximum absolute atomic E-state index is 12.2. The third-order valence-corrected chi connectivity index (χ3v) is 5.22. The number of benzene rings is 1. The lowest BCUT2D eigenvalue weighted by atomic mass is 10.2. The SMILES string of the molecule is O=C(CNC(=O)c1ccc2c(c1)OCO2)Nc1nc(-c2cccs2)cs1. The second-order valence-electron chi connectivity index (χ2n) is 5.31. The summed E-state index contributed by atoms with van der Waals surface area (Å²) in [6, 6.07) is 8.79. The molecule has 1 aliphatic heterocycles. The van der Waals surface area contributed by atoms with Crippen LogP contribution in [0.5, 0.6) is 11.5 Å². The number of anilines is 1. The number of hydrogen-bond donors (Lipinski definition) is 2. The molecule has 7 nitrogen and oxygen atoms in total. The van der Waals surface area contributed by atoms with Crippen LogP contribution in [-0.4, -0.2) is 30.1 Å². The van der Waals surface area contributed by atoms with E-state index in [9.17, 15) is 9.59 Å². The number of fused-ring (bicyclic) bond motifs is 1. The van der Waals surface area contributed by atoms with Gasteiger partial charge in [0, 0.05) is 10.9 Å². The van der Waals surface area contributed by atoms with Crippen LogP contribution in [-0.2, 0) is 4.79 Å². The Morgan fingerprint density at radius 2 is 2.04 bits per heavy atom. The minimum absolute atomic E-state index is 0.143. The molecule has 132 valence electrons. The van der Waals surface area contributed by atoms with Gasteiger partial charge in [0.1, 0.15) is 0 Å². The van der Waals surface area contributed by atoms with Crippen molar-refractivity contribution in [3.05, 3.63) is 46.7 Å². The van der Waals surface area contributed by atoms with E-state index in [-0.39, 0.29) is 25.2 Å². The second kappa shape index (κ2) is 7.14. The van der Waals surface area contributed by atoms with Crippen molar-refractivity contribution in [1.82, 2.24) is 10.3 Å². The lowest BCUT2D eigenvalue weighted by Gasteiger charge is -2.06. The highest BCUT2D eigenvalue weighted by molar-refractivity contribution is 7.16. The molecule has 3 aromatic rings. The van der Waals surface area contributed by atoms with Crippen molar-refractivity contribution < 1.29 is 19.1 Å². The molecule has 2 aromatic heterocycles.